The van der Waals surface area contributed by atoms with Crippen LogP contribution in [0, 0.1) is 11.7 Å². The highest BCUT2D eigenvalue weighted by Crippen LogP contribution is 2.22. The lowest BCUT2D eigenvalue weighted by Crippen LogP contribution is -2.47. The first-order valence-electron chi connectivity index (χ1n) is 8.64. The minimum absolute atomic E-state index is 0.0107. The largest absolute Gasteiger partial charge is 0.335 e. The summed E-state index contributed by atoms with van der Waals surface area (Å²) in [6.07, 6.45) is 1.63. The SMILES string of the molecule is CC(C)C1CN(C(=O)c2cn[nH]n2)CCC(=O)N1Cc1ccc(F)cc1. The van der Waals surface area contributed by atoms with E-state index in [4.69, 9.17) is 0 Å². The zero-order valence-electron chi connectivity index (χ0n) is 14.9. The average Bonchev–Trinajstić information content (AvgIpc) is 3.10. The third kappa shape index (κ3) is 3.89. The van der Waals surface area contributed by atoms with Crippen molar-refractivity contribution in [3.8, 4) is 0 Å². The second-order valence-electron chi connectivity index (χ2n) is 6.82. The number of nitrogens with zero attached hydrogens (tertiary/aromatic N) is 4. The molecule has 0 aliphatic carbocycles. The van der Waals surface area contributed by atoms with E-state index in [0.29, 0.717) is 19.6 Å². The Morgan fingerprint density at radius 1 is 1.35 bits per heavy atom. The lowest BCUT2D eigenvalue weighted by molar-refractivity contribution is -0.134. The van der Waals surface area contributed by atoms with Gasteiger partial charge in [0.15, 0.2) is 5.69 Å². The summed E-state index contributed by atoms with van der Waals surface area (Å²) in [5.74, 6) is -0.393. The maximum Gasteiger partial charge on any atom is 0.276 e. The molecular formula is C18H22FN5O2. The molecule has 1 aromatic carbocycles. The van der Waals surface area contributed by atoms with Gasteiger partial charge in [-0.15, -0.1) is 0 Å². The number of carbonyl (C=O) groups is 2. The van der Waals surface area contributed by atoms with Crippen molar-refractivity contribution in [2.45, 2.75) is 32.9 Å². The number of nitrogens with one attached hydrogen (secondary N) is 1. The molecule has 8 heteroatoms. The smallest absolute Gasteiger partial charge is 0.276 e. The number of aromatic nitrogens is 3. The molecule has 3 rings (SSSR count). The fourth-order valence-electron chi connectivity index (χ4n) is 3.19. The van der Waals surface area contributed by atoms with Crippen LogP contribution in [-0.4, -0.2) is 56.2 Å². The Morgan fingerprint density at radius 3 is 2.69 bits per heavy atom. The van der Waals surface area contributed by atoms with Crippen molar-refractivity contribution in [2.24, 2.45) is 5.92 Å². The van der Waals surface area contributed by atoms with Gasteiger partial charge in [-0.1, -0.05) is 26.0 Å². The van der Waals surface area contributed by atoms with Gasteiger partial charge < -0.3 is 9.80 Å². The minimum atomic E-state index is -0.305. The second-order valence-corrected chi connectivity index (χ2v) is 6.82. The molecule has 1 aromatic heterocycles. The van der Waals surface area contributed by atoms with Crippen LogP contribution in [0.15, 0.2) is 30.5 Å². The molecule has 1 fully saturated rings. The summed E-state index contributed by atoms with van der Waals surface area (Å²) in [6.45, 7) is 5.22. The van der Waals surface area contributed by atoms with Crippen LogP contribution in [0.4, 0.5) is 4.39 Å². The third-order valence-corrected chi connectivity index (χ3v) is 4.68. The second kappa shape index (κ2) is 7.63. The number of benzene rings is 1. The Labute approximate surface area is 151 Å². The van der Waals surface area contributed by atoms with Gasteiger partial charge in [0, 0.05) is 26.1 Å². The van der Waals surface area contributed by atoms with Crippen molar-refractivity contribution in [1.82, 2.24) is 25.2 Å². The molecule has 2 heterocycles. The molecule has 7 nitrogen and oxygen atoms in total. The van der Waals surface area contributed by atoms with E-state index in [1.165, 1.54) is 18.3 Å². The molecule has 1 saturated heterocycles. The molecule has 0 radical (unpaired) electrons. The van der Waals surface area contributed by atoms with E-state index in [9.17, 15) is 14.0 Å². The van der Waals surface area contributed by atoms with Crippen LogP contribution in [0.2, 0.25) is 0 Å². The molecule has 0 saturated carbocycles. The van der Waals surface area contributed by atoms with Gasteiger partial charge in [-0.05, 0) is 23.6 Å². The molecular weight excluding hydrogens is 337 g/mol. The summed E-state index contributed by atoms with van der Waals surface area (Å²) >= 11 is 0. The molecule has 1 aliphatic rings. The molecule has 1 N–H and O–H groups in total. The zero-order valence-corrected chi connectivity index (χ0v) is 14.9. The number of aromatic amines is 1. The normalized spacial score (nSPS) is 18.3. The zero-order chi connectivity index (χ0) is 18.7. The predicted molar refractivity (Wildman–Crippen MR) is 92.5 cm³/mol. The number of rotatable bonds is 4. The van der Waals surface area contributed by atoms with Crippen molar-refractivity contribution in [3.05, 3.63) is 47.5 Å². The van der Waals surface area contributed by atoms with Gasteiger partial charge in [0.25, 0.3) is 5.91 Å². The molecule has 1 aliphatic heterocycles. The van der Waals surface area contributed by atoms with Crippen molar-refractivity contribution >= 4 is 11.8 Å². The van der Waals surface area contributed by atoms with E-state index in [0.717, 1.165) is 5.56 Å². The monoisotopic (exact) mass is 359 g/mol. The molecule has 0 spiro atoms. The van der Waals surface area contributed by atoms with Crippen LogP contribution < -0.4 is 0 Å². The number of amides is 2. The maximum atomic E-state index is 13.1. The summed E-state index contributed by atoms with van der Waals surface area (Å²) in [5, 5.41) is 9.96. The quantitative estimate of drug-likeness (QED) is 0.903. The van der Waals surface area contributed by atoms with Crippen molar-refractivity contribution in [2.75, 3.05) is 13.1 Å². The lowest BCUT2D eigenvalue weighted by atomic mass is 10.0. The Kier molecular flexibility index (Phi) is 5.29. The molecule has 1 unspecified atom stereocenters. The number of hydrogen-bond donors (Lipinski definition) is 1. The molecule has 2 aromatic rings. The van der Waals surface area contributed by atoms with Gasteiger partial charge in [0.1, 0.15) is 5.82 Å². The summed E-state index contributed by atoms with van der Waals surface area (Å²) < 4.78 is 13.1. The molecule has 138 valence electrons. The van der Waals surface area contributed by atoms with Gasteiger partial charge >= 0.3 is 0 Å². The van der Waals surface area contributed by atoms with Crippen molar-refractivity contribution < 1.29 is 14.0 Å². The Bertz CT molecular complexity index is 760. The van der Waals surface area contributed by atoms with Crippen molar-refractivity contribution in [3.63, 3.8) is 0 Å². The first-order chi connectivity index (χ1) is 12.5. The highest BCUT2D eigenvalue weighted by atomic mass is 19.1. The van der Waals surface area contributed by atoms with Gasteiger partial charge in [-0.25, -0.2) is 4.39 Å². The van der Waals surface area contributed by atoms with E-state index >= 15 is 0 Å². The number of H-pyrrole nitrogens is 1. The predicted octanol–water partition coefficient (Wildman–Crippen LogP) is 1.84. The fraction of sp³-hybridized carbons (Fsp3) is 0.444. The minimum Gasteiger partial charge on any atom is -0.335 e. The molecule has 0 bridgehead atoms. The van der Waals surface area contributed by atoms with Crippen LogP contribution in [0.5, 0.6) is 0 Å². The maximum absolute atomic E-state index is 13.1. The van der Waals surface area contributed by atoms with Crippen LogP contribution >= 0.6 is 0 Å². The van der Waals surface area contributed by atoms with Crippen LogP contribution in [-0.2, 0) is 11.3 Å². The summed E-state index contributed by atoms with van der Waals surface area (Å²) in [4.78, 5) is 28.8. The number of hydrogen-bond acceptors (Lipinski definition) is 4. The summed E-state index contributed by atoms with van der Waals surface area (Å²) in [5.41, 5.74) is 1.11. The number of halogens is 1. The van der Waals surface area contributed by atoms with Gasteiger partial charge in [-0.2, -0.15) is 15.4 Å². The molecule has 2 amide bonds. The lowest BCUT2D eigenvalue weighted by Gasteiger charge is -2.34. The number of carbonyl (C=O) groups excluding carboxylic acids is 2. The average molecular weight is 359 g/mol. The van der Waals surface area contributed by atoms with E-state index in [1.807, 2.05) is 13.8 Å². The van der Waals surface area contributed by atoms with Crippen molar-refractivity contribution in [1.29, 1.82) is 0 Å². The van der Waals surface area contributed by atoms with Gasteiger partial charge in [-0.3, -0.25) is 9.59 Å². The first kappa shape index (κ1) is 18.0. The third-order valence-electron chi connectivity index (χ3n) is 4.68. The van der Waals surface area contributed by atoms with Crippen LogP contribution in [0.3, 0.4) is 0 Å². The Morgan fingerprint density at radius 2 is 2.08 bits per heavy atom. The Hall–Kier alpha value is -2.77. The Balaban J connectivity index is 1.81. The first-order valence-corrected chi connectivity index (χ1v) is 8.64. The topological polar surface area (TPSA) is 82.2 Å². The van der Waals surface area contributed by atoms with E-state index in [1.54, 1.807) is 21.9 Å². The van der Waals surface area contributed by atoms with E-state index < -0.39 is 0 Å². The summed E-state index contributed by atoms with van der Waals surface area (Å²) in [6, 6.07) is 6.02. The van der Waals surface area contributed by atoms with Gasteiger partial charge in [0.2, 0.25) is 5.91 Å². The highest BCUT2D eigenvalue weighted by Gasteiger charge is 2.34. The van der Waals surface area contributed by atoms with E-state index in [-0.39, 0.29) is 41.7 Å². The van der Waals surface area contributed by atoms with Crippen LogP contribution in [0.1, 0.15) is 36.3 Å². The van der Waals surface area contributed by atoms with Gasteiger partial charge in [0.05, 0.1) is 12.2 Å². The van der Waals surface area contributed by atoms with E-state index in [2.05, 4.69) is 15.4 Å². The van der Waals surface area contributed by atoms with Crippen LogP contribution in [0.25, 0.3) is 0 Å². The molecule has 26 heavy (non-hydrogen) atoms. The molecule has 1 atom stereocenters. The summed E-state index contributed by atoms with van der Waals surface area (Å²) in [7, 11) is 0. The highest BCUT2D eigenvalue weighted by molar-refractivity contribution is 5.92. The fourth-order valence-corrected chi connectivity index (χ4v) is 3.19. The standard InChI is InChI=1S/C18H22FN5O2/c1-12(2)16-11-23(18(26)15-9-20-22-21-15)8-7-17(25)24(16)10-13-3-5-14(19)6-4-13/h3-6,9,12,16H,7-8,10-11H2,1-2H3,(H,20,21,22).